The second-order valence-corrected chi connectivity index (χ2v) is 5.83. The van der Waals surface area contributed by atoms with Gasteiger partial charge in [0.1, 0.15) is 6.10 Å². The molecule has 0 radical (unpaired) electrons. The Morgan fingerprint density at radius 2 is 2.00 bits per heavy atom. The zero-order valence-corrected chi connectivity index (χ0v) is 12.2. The minimum Gasteiger partial charge on any atom is -0.368 e. The predicted molar refractivity (Wildman–Crippen MR) is 74.1 cm³/mol. The number of H-pyrrole nitrogens is 1. The predicted octanol–water partition coefficient (Wildman–Crippen LogP) is 2.64. The largest absolute Gasteiger partial charge is 0.368 e. The minimum atomic E-state index is -0.150. The molecule has 0 aliphatic heterocycles. The summed E-state index contributed by atoms with van der Waals surface area (Å²) in [5, 5.41) is 6.69. The maximum atomic E-state index is 11.9. The number of aromatic nitrogens is 3. The summed E-state index contributed by atoms with van der Waals surface area (Å²) in [5.41, 5.74) is -0.111. The van der Waals surface area contributed by atoms with Crippen LogP contribution >= 0.6 is 0 Å². The van der Waals surface area contributed by atoms with Crippen molar-refractivity contribution in [3.8, 4) is 0 Å². The molecular weight excluding hydrogens is 242 g/mol. The monoisotopic (exact) mass is 267 g/mol. The van der Waals surface area contributed by atoms with Crippen LogP contribution in [0, 0.1) is 5.92 Å². The van der Waals surface area contributed by atoms with Crippen LogP contribution in [0.4, 0.5) is 0 Å². The van der Waals surface area contributed by atoms with E-state index in [9.17, 15) is 4.79 Å². The quantitative estimate of drug-likeness (QED) is 0.892. The molecule has 1 aliphatic carbocycles. The molecule has 0 aromatic carbocycles. The Balaban J connectivity index is 2.10. The van der Waals surface area contributed by atoms with Crippen molar-refractivity contribution in [2.45, 2.75) is 71.6 Å². The molecule has 1 heterocycles. The molecule has 19 heavy (non-hydrogen) atoms. The average molecular weight is 267 g/mol. The van der Waals surface area contributed by atoms with E-state index in [0.29, 0.717) is 5.92 Å². The molecule has 5 heteroatoms. The van der Waals surface area contributed by atoms with Crippen LogP contribution in [-0.2, 0) is 11.3 Å². The Morgan fingerprint density at radius 1 is 1.32 bits per heavy atom. The standard InChI is InChI=1S/C14H25N3O2/c1-10(2)19-11(3)13-15-16-14(18)17(13)9-12-7-5-4-6-8-12/h10-12H,4-9H2,1-3H3,(H,16,18)/t11-/m1/s1. The van der Waals surface area contributed by atoms with Crippen LogP contribution in [0.5, 0.6) is 0 Å². The smallest absolute Gasteiger partial charge is 0.343 e. The first-order valence-corrected chi connectivity index (χ1v) is 7.38. The molecule has 1 atom stereocenters. The van der Waals surface area contributed by atoms with E-state index >= 15 is 0 Å². The summed E-state index contributed by atoms with van der Waals surface area (Å²) in [6.07, 6.45) is 6.31. The van der Waals surface area contributed by atoms with Gasteiger partial charge in [-0.1, -0.05) is 19.3 Å². The van der Waals surface area contributed by atoms with E-state index in [2.05, 4.69) is 10.2 Å². The van der Waals surface area contributed by atoms with Crippen molar-refractivity contribution in [3.05, 3.63) is 16.3 Å². The highest BCUT2D eigenvalue weighted by Gasteiger charge is 2.21. The zero-order valence-electron chi connectivity index (χ0n) is 12.2. The number of rotatable bonds is 5. The van der Waals surface area contributed by atoms with Gasteiger partial charge in [-0.05, 0) is 39.5 Å². The van der Waals surface area contributed by atoms with Crippen molar-refractivity contribution in [1.82, 2.24) is 14.8 Å². The molecule has 1 saturated carbocycles. The first-order chi connectivity index (χ1) is 9.08. The molecule has 0 spiro atoms. The van der Waals surface area contributed by atoms with Crippen molar-refractivity contribution in [2.75, 3.05) is 0 Å². The third-order valence-corrected chi connectivity index (χ3v) is 3.79. The topological polar surface area (TPSA) is 59.9 Å². The van der Waals surface area contributed by atoms with Crippen LogP contribution in [0.1, 0.15) is 64.8 Å². The summed E-state index contributed by atoms with van der Waals surface area (Å²) in [6, 6.07) is 0. The lowest BCUT2D eigenvalue weighted by molar-refractivity contribution is 0.0101. The molecule has 1 N–H and O–H groups in total. The molecule has 0 saturated heterocycles. The lowest BCUT2D eigenvalue weighted by Gasteiger charge is -2.23. The number of aromatic amines is 1. The Morgan fingerprint density at radius 3 is 2.63 bits per heavy atom. The van der Waals surface area contributed by atoms with Gasteiger partial charge in [0.2, 0.25) is 0 Å². The van der Waals surface area contributed by atoms with Gasteiger partial charge in [-0.25, -0.2) is 9.89 Å². The summed E-state index contributed by atoms with van der Waals surface area (Å²) in [5.74, 6) is 1.33. The van der Waals surface area contributed by atoms with E-state index in [1.807, 2.05) is 20.8 Å². The molecule has 5 nitrogen and oxygen atoms in total. The van der Waals surface area contributed by atoms with Gasteiger partial charge >= 0.3 is 5.69 Å². The van der Waals surface area contributed by atoms with E-state index in [0.717, 1.165) is 12.4 Å². The third kappa shape index (κ3) is 3.69. The normalized spacial score (nSPS) is 18.9. The lowest BCUT2D eigenvalue weighted by atomic mass is 9.89. The van der Waals surface area contributed by atoms with Crippen LogP contribution in [0.2, 0.25) is 0 Å². The van der Waals surface area contributed by atoms with E-state index in [1.54, 1.807) is 4.57 Å². The summed E-state index contributed by atoms with van der Waals surface area (Å²) < 4.78 is 7.50. The summed E-state index contributed by atoms with van der Waals surface area (Å²) in [4.78, 5) is 11.9. The van der Waals surface area contributed by atoms with Crippen molar-refractivity contribution in [2.24, 2.45) is 5.92 Å². The first kappa shape index (κ1) is 14.3. The van der Waals surface area contributed by atoms with Crippen LogP contribution in [0.3, 0.4) is 0 Å². The minimum absolute atomic E-state index is 0.111. The van der Waals surface area contributed by atoms with E-state index < -0.39 is 0 Å². The van der Waals surface area contributed by atoms with E-state index in [4.69, 9.17) is 4.74 Å². The van der Waals surface area contributed by atoms with Crippen LogP contribution in [-0.4, -0.2) is 20.9 Å². The second-order valence-electron chi connectivity index (χ2n) is 5.83. The van der Waals surface area contributed by atoms with Crippen molar-refractivity contribution >= 4 is 0 Å². The van der Waals surface area contributed by atoms with Gasteiger partial charge in [0, 0.05) is 6.54 Å². The van der Waals surface area contributed by atoms with Gasteiger partial charge in [-0.15, -0.1) is 0 Å². The molecule has 0 unspecified atom stereocenters. The Bertz CT molecular complexity index is 444. The molecule has 1 aromatic rings. The molecule has 108 valence electrons. The highest BCUT2D eigenvalue weighted by Crippen LogP contribution is 2.25. The molecule has 1 aliphatic rings. The Kier molecular flexibility index (Phi) is 4.80. The highest BCUT2D eigenvalue weighted by atomic mass is 16.5. The van der Waals surface area contributed by atoms with Gasteiger partial charge in [0.25, 0.3) is 0 Å². The van der Waals surface area contributed by atoms with Gasteiger partial charge in [0.15, 0.2) is 5.82 Å². The Hall–Kier alpha value is -1.10. The van der Waals surface area contributed by atoms with Crippen molar-refractivity contribution < 1.29 is 4.74 Å². The molecular formula is C14H25N3O2. The SMILES string of the molecule is CC(C)O[C@H](C)c1n[nH]c(=O)n1CC1CCCCC1. The zero-order chi connectivity index (χ0) is 13.8. The summed E-state index contributed by atoms with van der Waals surface area (Å²) in [7, 11) is 0. The lowest BCUT2D eigenvalue weighted by Crippen LogP contribution is -2.26. The summed E-state index contributed by atoms with van der Waals surface area (Å²) in [6.45, 7) is 6.71. The molecule has 1 aromatic heterocycles. The van der Waals surface area contributed by atoms with Crippen LogP contribution < -0.4 is 5.69 Å². The fraction of sp³-hybridized carbons (Fsp3) is 0.857. The number of ether oxygens (including phenoxy) is 1. The number of hydrogen-bond acceptors (Lipinski definition) is 3. The van der Waals surface area contributed by atoms with Crippen molar-refractivity contribution in [1.29, 1.82) is 0 Å². The number of hydrogen-bond donors (Lipinski definition) is 1. The van der Waals surface area contributed by atoms with Gasteiger partial charge in [-0.3, -0.25) is 4.57 Å². The average Bonchev–Trinajstić information content (AvgIpc) is 2.72. The maximum absolute atomic E-state index is 11.9. The van der Waals surface area contributed by atoms with Gasteiger partial charge in [0.05, 0.1) is 6.10 Å². The number of nitrogens with one attached hydrogen (secondary N) is 1. The Labute approximate surface area is 114 Å². The summed E-state index contributed by atoms with van der Waals surface area (Å²) >= 11 is 0. The molecule has 1 fully saturated rings. The molecule has 2 rings (SSSR count). The van der Waals surface area contributed by atoms with E-state index in [-0.39, 0.29) is 17.9 Å². The van der Waals surface area contributed by atoms with Gasteiger partial charge in [-0.2, -0.15) is 5.10 Å². The van der Waals surface area contributed by atoms with E-state index in [1.165, 1.54) is 32.1 Å². The second kappa shape index (κ2) is 6.37. The fourth-order valence-corrected chi connectivity index (χ4v) is 2.91. The third-order valence-electron chi connectivity index (χ3n) is 3.79. The van der Waals surface area contributed by atoms with Crippen LogP contribution in [0.15, 0.2) is 4.79 Å². The molecule has 0 amide bonds. The van der Waals surface area contributed by atoms with Gasteiger partial charge < -0.3 is 4.74 Å². The van der Waals surface area contributed by atoms with Crippen LogP contribution in [0.25, 0.3) is 0 Å². The first-order valence-electron chi connectivity index (χ1n) is 7.38. The van der Waals surface area contributed by atoms with Crippen molar-refractivity contribution in [3.63, 3.8) is 0 Å². The number of nitrogens with zero attached hydrogens (tertiary/aromatic N) is 2. The highest BCUT2D eigenvalue weighted by molar-refractivity contribution is 4.91. The maximum Gasteiger partial charge on any atom is 0.343 e. The molecule has 0 bridgehead atoms. The fourth-order valence-electron chi connectivity index (χ4n) is 2.91.